The van der Waals surface area contributed by atoms with E-state index in [0.717, 1.165) is 11.4 Å². The lowest BCUT2D eigenvalue weighted by Crippen LogP contribution is -2.33. The molecule has 1 aromatic rings. The Labute approximate surface area is 106 Å². The van der Waals surface area contributed by atoms with E-state index in [1.165, 1.54) is 7.11 Å². The fraction of sp³-hybridized carbons (Fsp3) is 0.636. The molecule has 17 heavy (non-hydrogen) atoms. The van der Waals surface area contributed by atoms with E-state index in [1.807, 2.05) is 12.5 Å². The molecule has 6 heteroatoms. The SMILES string of the molecule is COC(=O)C(N)CSCc1cncn1C(C)C. The predicted molar refractivity (Wildman–Crippen MR) is 68.8 cm³/mol. The van der Waals surface area contributed by atoms with E-state index in [1.54, 1.807) is 11.8 Å². The van der Waals surface area contributed by atoms with Crippen molar-refractivity contribution in [2.45, 2.75) is 31.7 Å². The van der Waals surface area contributed by atoms with Crippen LogP contribution >= 0.6 is 11.8 Å². The Morgan fingerprint density at radius 1 is 1.65 bits per heavy atom. The number of aromatic nitrogens is 2. The molecule has 0 aliphatic rings. The monoisotopic (exact) mass is 257 g/mol. The predicted octanol–water partition coefficient (Wildman–Crippen LogP) is 1.20. The van der Waals surface area contributed by atoms with Crippen molar-refractivity contribution in [1.29, 1.82) is 0 Å². The Morgan fingerprint density at radius 2 is 2.35 bits per heavy atom. The fourth-order valence-electron chi connectivity index (χ4n) is 1.42. The van der Waals surface area contributed by atoms with Crippen LogP contribution in [-0.4, -0.2) is 34.4 Å². The summed E-state index contributed by atoms with van der Waals surface area (Å²) in [5.41, 5.74) is 6.79. The molecule has 0 aromatic carbocycles. The summed E-state index contributed by atoms with van der Waals surface area (Å²) in [6.07, 6.45) is 3.66. The summed E-state index contributed by atoms with van der Waals surface area (Å²) in [7, 11) is 1.35. The van der Waals surface area contributed by atoms with E-state index in [9.17, 15) is 4.79 Å². The maximum absolute atomic E-state index is 11.1. The van der Waals surface area contributed by atoms with Crippen molar-refractivity contribution >= 4 is 17.7 Å². The molecule has 0 spiro atoms. The summed E-state index contributed by atoms with van der Waals surface area (Å²) in [6, 6.07) is -0.164. The molecule has 0 aliphatic heterocycles. The van der Waals surface area contributed by atoms with E-state index in [0.29, 0.717) is 11.8 Å². The molecule has 96 valence electrons. The maximum atomic E-state index is 11.1. The first-order valence-electron chi connectivity index (χ1n) is 5.48. The highest BCUT2D eigenvalue weighted by Gasteiger charge is 2.14. The highest BCUT2D eigenvalue weighted by Crippen LogP contribution is 2.16. The number of carbonyl (C=O) groups excluding carboxylic acids is 1. The number of nitrogens with zero attached hydrogens (tertiary/aromatic N) is 2. The molecule has 0 saturated carbocycles. The first-order chi connectivity index (χ1) is 8.06. The lowest BCUT2D eigenvalue weighted by atomic mass is 10.4. The van der Waals surface area contributed by atoms with Gasteiger partial charge >= 0.3 is 5.97 Å². The minimum atomic E-state index is -0.555. The molecule has 5 nitrogen and oxygen atoms in total. The van der Waals surface area contributed by atoms with Crippen LogP contribution in [0.5, 0.6) is 0 Å². The molecule has 0 aliphatic carbocycles. The third-order valence-corrected chi connectivity index (χ3v) is 3.45. The van der Waals surface area contributed by atoms with Gasteiger partial charge in [-0.3, -0.25) is 4.79 Å². The second-order valence-electron chi connectivity index (χ2n) is 4.03. The van der Waals surface area contributed by atoms with Crippen LogP contribution in [0.4, 0.5) is 0 Å². The maximum Gasteiger partial charge on any atom is 0.323 e. The standard InChI is InChI=1S/C11H19N3O2S/c1-8(2)14-7-13-4-9(14)5-17-6-10(12)11(15)16-3/h4,7-8,10H,5-6,12H2,1-3H3. The van der Waals surface area contributed by atoms with Gasteiger partial charge in [0.25, 0.3) is 0 Å². The molecule has 1 rings (SSSR count). The third kappa shape index (κ3) is 4.05. The minimum Gasteiger partial charge on any atom is -0.468 e. The molecule has 1 unspecified atom stereocenters. The number of carbonyl (C=O) groups is 1. The van der Waals surface area contributed by atoms with Crippen molar-refractivity contribution in [3.05, 3.63) is 18.2 Å². The topological polar surface area (TPSA) is 70.1 Å². The number of methoxy groups -OCH3 is 1. The number of rotatable bonds is 6. The summed E-state index contributed by atoms with van der Waals surface area (Å²) in [6.45, 7) is 4.21. The summed E-state index contributed by atoms with van der Waals surface area (Å²) in [5.74, 6) is 0.980. The van der Waals surface area contributed by atoms with Crippen LogP contribution in [0.25, 0.3) is 0 Å². The van der Waals surface area contributed by atoms with Gasteiger partial charge in [0.2, 0.25) is 0 Å². The number of ether oxygens (including phenoxy) is 1. The van der Waals surface area contributed by atoms with Crippen LogP contribution in [0.3, 0.4) is 0 Å². The molecule has 0 saturated heterocycles. The number of thioether (sulfide) groups is 1. The molecule has 1 atom stereocenters. The zero-order valence-electron chi connectivity index (χ0n) is 10.4. The van der Waals surface area contributed by atoms with Gasteiger partial charge in [0.05, 0.1) is 13.4 Å². The summed E-state index contributed by atoms with van der Waals surface area (Å²) in [5, 5.41) is 0. The van der Waals surface area contributed by atoms with E-state index in [-0.39, 0.29) is 5.97 Å². The van der Waals surface area contributed by atoms with Crippen LogP contribution in [-0.2, 0) is 15.3 Å². The lowest BCUT2D eigenvalue weighted by Gasteiger charge is -2.12. The van der Waals surface area contributed by atoms with E-state index in [4.69, 9.17) is 5.73 Å². The average Bonchev–Trinajstić information content (AvgIpc) is 2.76. The van der Waals surface area contributed by atoms with Crippen molar-refractivity contribution in [3.63, 3.8) is 0 Å². The highest BCUT2D eigenvalue weighted by molar-refractivity contribution is 7.98. The van der Waals surface area contributed by atoms with Gasteiger partial charge in [0, 0.05) is 29.4 Å². The average molecular weight is 257 g/mol. The summed E-state index contributed by atoms with van der Waals surface area (Å²) in [4.78, 5) is 15.2. The van der Waals surface area contributed by atoms with E-state index in [2.05, 4.69) is 28.1 Å². The van der Waals surface area contributed by atoms with Gasteiger partial charge in [0.1, 0.15) is 6.04 Å². The van der Waals surface area contributed by atoms with Crippen LogP contribution < -0.4 is 5.73 Å². The number of hydrogen-bond acceptors (Lipinski definition) is 5. The van der Waals surface area contributed by atoms with Crippen molar-refractivity contribution in [2.24, 2.45) is 5.73 Å². The summed E-state index contributed by atoms with van der Waals surface area (Å²) >= 11 is 1.61. The van der Waals surface area contributed by atoms with Crippen molar-refractivity contribution in [2.75, 3.05) is 12.9 Å². The normalized spacial score (nSPS) is 12.8. The first kappa shape index (κ1) is 14.1. The number of esters is 1. The van der Waals surface area contributed by atoms with E-state index < -0.39 is 6.04 Å². The zero-order chi connectivity index (χ0) is 12.8. The largest absolute Gasteiger partial charge is 0.468 e. The first-order valence-corrected chi connectivity index (χ1v) is 6.63. The van der Waals surface area contributed by atoms with Crippen LogP contribution in [0, 0.1) is 0 Å². The fourth-order valence-corrected chi connectivity index (χ4v) is 2.36. The number of nitrogens with two attached hydrogens (primary N) is 1. The number of imidazole rings is 1. The quantitative estimate of drug-likeness (QED) is 0.775. The Bertz CT molecular complexity index is 365. The Balaban J connectivity index is 2.41. The van der Waals surface area contributed by atoms with Crippen LogP contribution in [0.2, 0.25) is 0 Å². The van der Waals surface area contributed by atoms with Crippen molar-refractivity contribution in [3.8, 4) is 0 Å². The Kier molecular flexibility index (Phi) is 5.50. The van der Waals surface area contributed by atoms with Gasteiger partial charge in [0.15, 0.2) is 0 Å². The molecule has 0 radical (unpaired) electrons. The second-order valence-corrected chi connectivity index (χ2v) is 5.06. The Morgan fingerprint density at radius 3 is 2.94 bits per heavy atom. The molecular formula is C11H19N3O2S. The van der Waals surface area contributed by atoms with Crippen molar-refractivity contribution in [1.82, 2.24) is 9.55 Å². The minimum absolute atomic E-state index is 0.366. The van der Waals surface area contributed by atoms with Gasteiger partial charge < -0.3 is 15.0 Å². The zero-order valence-corrected chi connectivity index (χ0v) is 11.2. The highest BCUT2D eigenvalue weighted by atomic mass is 32.2. The lowest BCUT2D eigenvalue weighted by molar-refractivity contribution is -0.141. The van der Waals surface area contributed by atoms with Gasteiger partial charge in [-0.1, -0.05) is 0 Å². The smallest absolute Gasteiger partial charge is 0.323 e. The summed E-state index contributed by atoms with van der Waals surface area (Å²) < 4.78 is 6.67. The molecular weight excluding hydrogens is 238 g/mol. The van der Waals surface area contributed by atoms with Gasteiger partial charge in [-0.05, 0) is 13.8 Å². The third-order valence-electron chi connectivity index (χ3n) is 2.35. The number of hydrogen-bond donors (Lipinski definition) is 1. The molecule has 1 heterocycles. The van der Waals surface area contributed by atoms with Gasteiger partial charge in [-0.2, -0.15) is 11.8 Å². The molecule has 0 bridgehead atoms. The van der Waals surface area contributed by atoms with Crippen LogP contribution in [0.15, 0.2) is 12.5 Å². The molecule has 0 fully saturated rings. The molecule has 0 amide bonds. The van der Waals surface area contributed by atoms with Gasteiger partial charge in [-0.25, -0.2) is 4.98 Å². The molecule has 1 aromatic heterocycles. The molecule has 2 N–H and O–H groups in total. The van der Waals surface area contributed by atoms with Gasteiger partial charge in [-0.15, -0.1) is 0 Å². The van der Waals surface area contributed by atoms with Crippen molar-refractivity contribution < 1.29 is 9.53 Å². The van der Waals surface area contributed by atoms with Crippen LogP contribution in [0.1, 0.15) is 25.6 Å². The Hall–Kier alpha value is -1.01. The van der Waals surface area contributed by atoms with E-state index >= 15 is 0 Å². The second kappa shape index (κ2) is 6.66.